The van der Waals surface area contributed by atoms with Crippen molar-refractivity contribution in [2.24, 2.45) is 0 Å². The van der Waals surface area contributed by atoms with Gasteiger partial charge in [-0.25, -0.2) is 4.79 Å². The first kappa shape index (κ1) is 18.6. The second kappa shape index (κ2) is 6.67. The Morgan fingerprint density at radius 3 is 2.11 bits per heavy atom. The summed E-state index contributed by atoms with van der Waals surface area (Å²) in [6.45, 7) is 3.97. The number of amides is 1. The maximum Gasteiger partial charge on any atom is 0.331 e. The second-order valence-electron chi connectivity index (χ2n) is 7.38. The highest BCUT2D eigenvalue weighted by atomic mass is 79.9. The molecule has 2 saturated heterocycles. The van der Waals surface area contributed by atoms with Gasteiger partial charge in [-0.05, 0) is 40.9 Å². The Labute approximate surface area is 171 Å². The number of nitrogens with zero attached hydrogens (tertiary/aromatic N) is 1. The standard InChI is InChI=1S/C21H20BrNO3S/c1-20(2)18(23-16(24)13-21(23,22)27-20)19(25)26-17(14-9-5-3-6-10-14)15-11-7-4-8-12-15/h3-12,17-18H,13H2,1-2H3/t18-,21?/m0/s1. The van der Waals surface area contributed by atoms with E-state index in [0.717, 1.165) is 11.1 Å². The molecule has 0 aromatic heterocycles. The Morgan fingerprint density at radius 1 is 1.11 bits per heavy atom. The number of esters is 1. The lowest BCUT2D eigenvalue weighted by atomic mass is 9.97. The fraction of sp³-hybridized carbons (Fsp3) is 0.333. The van der Waals surface area contributed by atoms with Crippen molar-refractivity contribution in [3.8, 4) is 0 Å². The molecule has 6 heteroatoms. The van der Waals surface area contributed by atoms with Crippen molar-refractivity contribution in [1.82, 2.24) is 4.90 Å². The molecule has 0 N–H and O–H groups in total. The minimum atomic E-state index is -0.627. The Morgan fingerprint density at radius 2 is 1.63 bits per heavy atom. The topological polar surface area (TPSA) is 46.6 Å². The number of rotatable bonds is 4. The summed E-state index contributed by atoms with van der Waals surface area (Å²) in [4.78, 5) is 27.1. The van der Waals surface area contributed by atoms with Crippen LogP contribution in [-0.4, -0.2) is 31.3 Å². The minimum absolute atomic E-state index is 0.0251. The number of thioether (sulfide) groups is 1. The van der Waals surface area contributed by atoms with E-state index in [0.29, 0.717) is 6.42 Å². The van der Waals surface area contributed by atoms with Gasteiger partial charge in [0, 0.05) is 4.75 Å². The molecule has 4 rings (SSSR count). The maximum atomic E-state index is 13.2. The van der Waals surface area contributed by atoms with Crippen molar-refractivity contribution < 1.29 is 14.3 Å². The lowest BCUT2D eigenvalue weighted by molar-refractivity contribution is -0.165. The second-order valence-corrected chi connectivity index (χ2v) is 11.1. The molecule has 0 spiro atoms. The van der Waals surface area contributed by atoms with Gasteiger partial charge in [-0.2, -0.15) is 0 Å². The molecule has 2 atom stereocenters. The molecule has 4 nitrogen and oxygen atoms in total. The van der Waals surface area contributed by atoms with Gasteiger partial charge >= 0.3 is 5.97 Å². The fourth-order valence-corrected chi connectivity index (χ4v) is 7.31. The monoisotopic (exact) mass is 445 g/mol. The average molecular weight is 446 g/mol. The van der Waals surface area contributed by atoms with Crippen LogP contribution in [0, 0.1) is 0 Å². The van der Waals surface area contributed by atoms with E-state index in [9.17, 15) is 9.59 Å². The zero-order chi connectivity index (χ0) is 19.2. The van der Waals surface area contributed by atoms with Crippen LogP contribution in [-0.2, 0) is 14.3 Å². The minimum Gasteiger partial charge on any atom is -0.451 e. The van der Waals surface area contributed by atoms with E-state index in [-0.39, 0.29) is 11.9 Å². The SMILES string of the molecule is CC1(C)SC2(Br)CC(=O)N2[C@H]1C(=O)OC(c1ccccc1)c1ccccc1. The first-order chi connectivity index (χ1) is 12.8. The third kappa shape index (κ3) is 3.19. The van der Waals surface area contributed by atoms with Crippen molar-refractivity contribution in [1.29, 1.82) is 0 Å². The lowest BCUT2D eigenvalue weighted by Crippen LogP contribution is -2.61. The van der Waals surface area contributed by atoms with Crippen molar-refractivity contribution in [2.45, 2.75) is 40.9 Å². The molecule has 2 aliphatic rings. The van der Waals surface area contributed by atoms with E-state index >= 15 is 0 Å². The lowest BCUT2D eigenvalue weighted by Gasteiger charge is -2.43. The molecule has 2 fully saturated rings. The summed E-state index contributed by atoms with van der Waals surface area (Å²) in [6, 6.07) is 18.7. The summed E-state index contributed by atoms with van der Waals surface area (Å²) < 4.78 is 5.09. The molecule has 0 aliphatic carbocycles. The molecule has 140 valence electrons. The van der Waals surface area contributed by atoms with E-state index in [4.69, 9.17) is 4.74 Å². The zero-order valence-electron chi connectivity index (χ0n) is 15.1. The van der Waals surface area contributed by atoms with Crippen LogP contribution < -0.4 is 0 Å². The quantitative estimate of drug-likeness (QED) is 0.301. The predicted octanol–water partition coefficient (Wildman–Crippen LogP) is 4.49. The summed E-state index contributed by atoms with van der Waals surface area (Å²) in [7, 11) is 0. The van der Waals surface area contributed by atoms with Crippen LogP contribution in [0.25, 0.3) is 0 Å². The number of hydrogen-bond acceptors (Lipinski definition) is 4. The smallest absolute Gasteiger partial charge is 0.331 e. The number of halogens is 1. The number of β-lactam (4-membered cyclic amide) rings is 1. The van der Waals surface area contributed by atoms with E-state index in [2.05, 4.69) is 15.9 Å². The highest BCUT2D eigenvalue weighted by Gasteiger charge is 2.67. The number of alkyl halides is 1. The van der Waals surface area contributed by atoms with Gasteiger partial charge in [-0.1, -0.05) is 60.7 Å². The number of carbonyl (C=O) groups is 2. The zero-order valence-corrected chi connectivity index (χ0v) is 17.5. The Kier molecular flexibility index (Phi) is 4.59. The van der Waals surface area contributed by atoms with Gasteiger partial charge in [-0.15, -0.1) is 11.8 Å². The molecule has 1 unspecified atom stereocenters. The molecule has 2 heterocycles. The van der Waals surface area contributed by atoms with Crippen LogP contribution in [0.5, 0.6) is 0 Å². The largest absolute Gasteiger partial charge is 0.451 e. The highest BCUT2D eigenvalue weighted by molar-refractivity contribution is 9.12. The van der Waals surface area contributed by atoms with Gasteiger partial charge in [0.1, 0.15) is 6.04 Å². The van der Waals surface area contributed by atoms with Gasteiger partial charge < -0.3 is 9.64 Å². The van der Waals surface area contributed by atoms with Crippen molar-refractivity contribution in [2.75, 3.05) is 0 Å². The van der Waals surface area contributed by atoms with Crippen molar-refractivity contribution in [3.05, 3.63) is 71.8 Å². The summed E-state index contributed by atoms with van der Waals surface area (Å²) >= 11 is 5.24. The Bertz CT molecular complexity index is 834. The van der Waals surface area contributed by atoms with Gasteiger partial charge in [0.05, 0.1) is 6.42 Å². The summed E-state index contributed by atoms with van der Waals surface area (Å²) in [5.41, 5.74) is 1.81. The van der Waals surface area contributed by atoms with E-state index in [1.807, 2.05) is 74.5 Å². The summed E-state index contributed by atoms with van der Waals surface area (Å²) in [5.74, 6) is -0.401. The fourth-order valence-electron chi connectivity index (χ4n) is 3.80. The molecule has 2 aromatic carbocycles. The van der Waals surface area contributed by atoms with Gasteiger partial charge in [0.15, 0.2) is 9.88 Å². The van der Waals surface area contributed by atoms with E-state index in [1.54, 1.807) is 16.7 Å². The molecule has 27 heavy (non-hydrogen) atoms. The molecule has 1 amide bonds. The molecule has 2 aromatic rings. The van der Waals surface area contributed by atoms with Crippen LogP contribution in [0.15, 0.2) is 60.7 Å². The molecular formula is C21H20BrNO3S. The third-order valence-electron chi connectivity index (χ3n) is 5.00. The van der Waals surface area contributed by atoms with Gasteiger partial charge in [-0.3, -0.25) is 4.79 Å². The highest BCUT2D eigenvalue weighted by Crippen LogP contribution is 2.61. The maximum absolute atomic E-state index is 13.2. The Balaban J connectivity index is 1.66. The van der Waals surface area contributed by atoms with Gasteiger partial charge in [0.2, 0.25) is 5.91 Å². The number of fused-ring (bicyclic) bond motifs is 1. The first-order valence-electron chi connectivity index (χ1n) is 8.83. The molecular weight excluding hydrogens is 426 g/mol. The number of carbonyl (C=O) groups excluding carboxylic acids is 2. The van der Waals surface area contributed by atoms with Crippen LogP contribution in [0.1, 0.15) is 37.5 Å². The molecule has 2 aliphatic heterocycles. The van der Waals surface area contributed by atoms with E-state index in [1.165, 1.54) is 0 Å². The third-order valence-corrected chi connectivity index (χ3v) is 7.55. The van der Waals surface area contributed by atoms with Crippen LogP contribution >= 0.6 is 27.7 Å². The number of hydrogen-bond donors (Lipinski definition) is 0. The average Bonchev–Trinajstić information content (AvgIpc) is 2.82. The number of benzene rings is 2. The molecule has 0 bridgehead atoms. The normalized spacial score (nSPS) is 25.9. The number of ether oxygens (including phenoxy) is 1. The predicted molar refractivity (Wildman–Crippen MR) is 109 cm³/mol. The van der Waals surface area contributed by atoms with Crippen molar-refractivity contribution in [3.63, 3.8) is 0 Å². The van der Waals surface area contributed by atoms with Crippen molar-refractivity contribution >= 4 is 39.6 Å². The summed E-state index contributed by atoms with van der Waals surface area (Å²) in [5, 5.41) is 0. The van der Waals surface area contributed by atoms with Crippen LogP contribution in [0.3, 0.4) is 0 Å². The van der Waals surface area contributed by atoms with Gasteiger partial charge in [0.25, 0.3) is 0 Å². The molecule has 0 saturated carbocycles. The first-order valence-corrected chi connectivity index (χ1v) is 10.4. The van der Waals surface area contributed by atoms with Crippen LogP contribution in [0.4, 0.5) is 0 Å². The Hall–Kier alpha value is -1.79. The molecule has 0 radical (unpaired) electrons. The van der Waals surface area contributed by atoms with Crippen LogP contribution in [0.2, 0.25) is 0 Å². The van der Waals surface area contributed by atoms with E-state index < -0.39 is 20.7 Å². The summed E-state index contributed by atoms with van der Waals surface area (Å²) in [6.07, 6.45) is -0.117.